The predicted octanol–water partition coefficient (Wildman–Crippen LogP) is 1.31. The normalized spacial score (nSPS) is 12.6. The highest BCUT2D eigenvalue weighted by Gasteiger charge is 2.16. The zero-order valence-electron chi connectivity index (χ0n) is 13.4. The SMILES string of the molecule is CCC(C)c1ccccc1OCC(=O)NNS(=O)(=O)c1cn[nH]c1. The van der Waals surface area contributed by atoms with Gasteiger partial charge in [0.25, 0.3) is 15.9 Å². The van der Waals surface area contributed by atoms with Crippen LogP contribution >= 0.6 is 0 Å². The molecule has 1 aromatic heterocycles. The predicted molar refractivity (Wildman–Crippen MR) is 87.7 cm³/mol. The van der Waals surface area contributed by atoms with Crippen molar-refractivity contribution in [3.05, 3.63) is 42.2 Å². The Morgan fingerprint density at radius 3 is 2.79 bits per heavy atom. The lowest BCUT2D eigenvalue weighted by Gasteiger charge is -2.15. The van der Waals surface area contributed by atoms with Crippen molar-refractivity contribution in [3.8, 4) is 5.75 Å². The molecule has 9 heteroatoms. The van der Waals surface area contributed by atoms with Gasteiger partial charge >= 0.3 is 0 Å². The second kappa shape index (κ2) is 7.93. The number of nitrogens with one attached hydrogen (secondary N) is 3. The summed E-state index contributed by atoms with van der Waals surface area (Å²) in [5.74, 6) is 0.296. The number of hydrogen-bond donors (Lipinski definition) is 3. The molecule has 130 valence electrons. The van der Waals surface area contributed by atoms with E-state index in [2.05, 4.69) is 29.5 Å². The largest absolute Gasteiger partial charge is 0.483 e. The van der Waals surface area contributed by atoms with Crippen molar-refractivity contribution < 1.29 is 17.9 Å². The molecule has 2 aromatic rings. The van der Waals surface area contributed by atoms with Crippen LogP contribution in [-0.4, -0.2) is 31.1 Å². The van der Waals surface area contributed by atoms with Crippen LogP contribution in [0.25, 0.3) is 0 Å². The summed E-state index contributed by atoms with van der Waals surface area (Å²) in [6, 6.07) is 7.46. The van der Waals surface area contributed by atoms with Crippen LogP contribution in [0.4, 0.5) is 0 Å². The second-order valence-electron chi connectivity index (χ2n) is 5.22. The molecule has 1 amide bonds. The van der Waals surface area contributed by atoms with Crippen molar-refractivity contribution in [2.24, 2.45) is 0 Å². The van der Waals surface area contributed by atoms with Crippen molar-refractivity contribution >= 4 is 15.9 Å². The lowest BCUT2D eigenvalue weighted by Crippen LogP contribution is -2.43. The number of carbonyl (C=O) groups is 1. The fourth-order valence-electron chi connectivity index (χ4n) is 1.99. The fourth-order valence-corrected chi connectivity index (χ4v) is 2.75. The Labute approximate surface area is 140 Å². The topological polar surface area (TPSA) is 113 Å². The quantitative estimate of drug-likeness (QED) is 0.620. The van der Waals surface area contributed by atoms with Crippen LogP contribution in [0, 0.1) is 0 Å². The molecule has 0 fully saturated rings. The first-order valence-corrected chi connectivity index (χ1v) is 8.93. The zero-order chi connectivity index (χ0) is 17.6. The average molecular weight is 352 g/mol. The number of rotatable bonds is 8. The minimum Gasteiger partial charge on any atom is -0.483 e. The molecule has 0 aliphatic rings. The summed E-state index contributed by atoms with van der Waals surface area (Å²) >= 11 is 0. The van der Waals surface area contributed by atoms with E-state index in [4.69, 9.17) is 4.74 Å². The van der Waals surface area contributed by atoms with Crippen molar-refractivity contribution in [2.45, 2.75) is 31.1 Å². The van der Waals surface area contributed by atoms with Crippen molar-refractivity contribution in [3.63, 3.8) is 0 Å². The summed E-state index contributed by atoms with van der Waals surface area (Å²) in [6.45, 7) is 3.83. The van der Waals surface area contributed by atoms with Gasteiger partial charge in [-0.3, -0.25) is 15.3 Å². The van der Waals surface area contributed by atoms with Gasteiger partial charge in [-0.25, -0.2) is 8.42 Å². The Morgan fingerprint density at radius 2 is 2.12 bits per heavy atom. The molecule has 2 rings (SSSR count). The molecule has 0 aliphatic carbocycles. The number of aromatic nitrogens is 2. The molecule has 0 aliphatic heterocycles. The maximum atomic E-state index is 11.8. The first-order valence-electron chi connectivity index (χ1n) is 7.45. The number of hydrazine groups is 1. The number of nitrogens with zero attached hydrogens (tertiary/aromatic N) is 1. The number of aromatic amines is 1. The summed E-state index contributed by atoms with van der Waals surface area (Å²) in [6.07, 6.45) is 3.28. The highest BCUT2D eigenvalue weighted by atomic mass is 32.2. The number of H-pyrrole nitrogens is 1. The summed E-state index contributed by atoms with van der Waals surface area (Å²) in [7, 11) is -3.85. The standard InChI is InChI=1S/C15H20N4O4S/c1-3-11(2)13-6-4-5-7-14(13)23-10-15(20)18-19-24(21,22)12-8-16-17-9-12/h4-9,11,19H,3,10H2,1-2H3,(H,16,17)(H,18,20). The molecule has 3 N–H and O–H groups in total. The molecule has 24 heavy (non-hydrogen) atoms. The molecule has 8 nitrogen and oxygen atoms in total. The molecule has 0 bridgehead atoms. The Balaban J connectivity index is 1.90. The smallest absolute Gasteiger partial charge is 0.272 e. The third-order valence-electron chi connectivity index (χ3n) is 3.53. The van der Waals surface area contributed by atoms with Gasteiger partial charge in [0, 0.05) is 6.20 Å². The monoisotopic (exact) mass is 352 g/mol. The lowest BCUT2D eigenvalue weighted by molar-refractivity contribution is -0.123. The van der Waals surface area contributed by atoms with E-state index in [1.807, 2.05) is 23.0 Å². The third-order valence-corrected chi connectivity index (χ3v) is 4.74. The van der Waals surface area contributed by atoms with Crippen LogP contribution in [-0.2, 0) is 14.8 Å². The van der Waals surface area contributed by atoms with E-state index in [1.165, 1.54) is 6.20 Å². The van der Waals surface area contributed by atoms with Crippen molar-refractivity contribution in [1.29, 1.82) is 0 Å². The fraction of sp³-hybridized carbons (Fsp3) is 0.333. The van der Waals surface area contributed by atoms with Crippen LogP contribution in [0.5, 0.6) is 5.75 Å². The summed E-state index contributed by atoms with van der Waals surface area (Å²) < 4.78 is 29.2. The zero-order valence-corrected chi connectivity index (χ0v) is 14.3. The highest BCUT2D eigenvalue weighted by molar-refractivity contribution is 7.89. The Kier molecular flexibility index (Phi) is 5.93. The molecular weight excluding hydrogens is 332 g/mol. The van der Waals surface area contributed by atoms with Gasteiger partial charge < -0.3 is 4.74 Å². The van der Waals surface area contributed by atoms with Gasteiger partial charge in [0.05, 0.1) is 6.20 Å². The van der Waals surface area contributed by atoms with E-state index in [-0.39, 0.29) is 11.5 Å². The van der Waals surface area contributed by atoms with Gasteiger partial charge in [-0.05, 0) is 24.0 Å². The first kappa shape index (κ1) is 18.0. The first-order chi connectivity index (χ1) is 11.4. The van der Waals surface area contributed by atoms with Gasteiger partial charge in [-0.2, -0.15) is 5.10 Å². The van der Waals surface area contributed by atoms with Gasteiger partial charge in [0.1, 0.15) is 10.6 Å². The molecule has 1 unspecified atom stereocenters. The highest BCUT2D eigenvalue weighted by Crippen LogP contribution is 2.28. The van der Waals surface area contributed by atoms with Gasteiger partial charge in [0.2, 0.25) is 0 Å². The number of carbonyl (C=O) groups excluding carboxylic acids is 1. The van der Waals surface area contributed by atoms with E-state index in [0.29, 0.717) is 11.7 Å². The third kappa shape index (κ3) is 4.56. The van der Waals surface area contributed by atoms with E-state index >= 15 is 0 Å². The van der Waals surface area contributed by atoms with Crippen LogP contribution in [0.15, 0.2) is 41.6 Å². The Bertz CT molecular complexity index is 775. The summed E-state index contributed by atoms with van der Waals surface area (Å²) in [5.41, 5.74) is 3.11. The van der Waals surface area contributed by atoms with Crippen LogP contribution in [0.1, 0.15) is 31.7 Å². The molecule has 0 saturated carbocycles. The van der Waals surface area contributed by atoms with Crippen molar-refractivity contribution in [1.82, 2.24) is 20.5 Å². The lowest BCUT2D eigenvalue weighted by atomic mass is 9.98. The van der Waals surface area contributed by atoms with E-state index < -0.39 is 15.9 Å². The van der Waals surface area contributed by atoms with E-state index in [1.54, 1.807) is 6.07 Å². The molecule has 0 saturated heterocycles. The number of amides is 1. The minimum atomic E-state index is -3.85. The van der Waals surface area contributed by atoms with Gasteiger partial charge in [0.15, 0.2) is 6.61 Å². The molecule has 1 aromatic carbocycles. The molecule has 1 atom stereocenters. The number of ether oxygens (including phenoxy) is 1. The van der Waals surface area contributed by atoms with E-state index in [0.717, 1.165) is 18.2 Å². The van der Waals surface area contributed by atoms with Gasteiger partial charge in [-0.1, -0.05) is 32.0 Å². The number of benzene rings is 1. The molecule has 0 radical (unpaired) electrons. The van der Waals surface area contributed by atoms with Gasteiger partial charge in [-0.15, -0.1) is 4.83 Å². The maximum Gasteiger partial charge on any atom is 0.272 e. The second-order valence-corrected chi connectivity index (χ2v) is 6.91. The molecule has 1 heterocycles. The molecular formula is C15H20N4O4S. The number of para-hydroxylation sites is 1. The molecule has 0 spiro atoms. The van der Waals surface area contributed by atoms with E-state index in [9.17, 15) is 13.2 Å². The maximum absolute atomic E-state index is 11.8. The Hall–Kier alpha value is -2.39. The Morgan fingerprint density at radius 1 is 1.38 bits per heavy atom. The van der Waals surface area contributed by atoms with Crippen LogP contribution in [0.2, 0.25) is 0 Å². The number of sulfonamides is 1. The summed E-state index contributed by atoms with van der Waals surface area (Å²) in [5, 5.41) is 5.93. The number of hydrogen-bond acceptors (Lipinski definition) is 5. The van der Waals surface area contributed by atoms with Crippen LogP contribution in [0.3, 0.4) is 0 Å². The van der Waals surface area contributed by atoms with Crippen LogP contribution < -0.4 is 15.0 Å². The summed E-state index contributed by atoms with van der Waals surface area (Å²) in [4.78, 5) is 13.7. The minimum absolute atomic E-state index is 0.0779. The average Bonchev–Trinajstić information content (AvgIpc) is 3.13. The van der Waals surface area contributed by atoms with Crippen molar-refractivity contribution in [2.75, 3.05) is 6.61 Å².